The van der Waals surface area contributed by atoms with Gasteiger partial charge in [-0.2, -0.15) is 0 Å². The highest BCUT2D eigenvalue weighted by molar-refractivity contribution is 5.27. The molecule has 1 rings (SSSR count). The van der Waals surface area contributed by atoms with Crippen LogP contribution in [0.5, 0.6) is 0 Å². The zero-order valence-electron chi connectivity index (χ0n) is 11.0. The fraction of sp³-hybridized carbons (Fsp3) is 0.769. The van der Waals surface area contributed by atoms with Gasteiger partial charge in [0.2, 0.25) is 5.95 Å². The Labute approximate surface area is 99.3 Å². The highest BCUT2D eigenvalue weighted by Gasteiger charge is 2.09. The molecule has 0 aliphatic carbocycles. The maximum Gasteiger partial charge on any atom is 0.202 e. The molecule has 0 saturated carbocycles. The molecule has 0 aromatic carbocycles. The zero-order chi connectivity index (χ0) is 12.0. The van der Waals surface area contributed by atoms with Crippen molar-refractivity contribution in [1.29, 1.82) is 0 Å². The lowest BCUT2D eigenvalue weighted by atomic mass is 10.1. The number of imidazole rings is 1. The van der Waals surface area contributed by atoms with Gasteiger partial charge in [0.05, 0.1) is 0 Å². The van der Waals surface area contributed by atoms with Crippen molar-refractivity contribution in [3.8, 4) is 0 Å². The van der Waals surface area contributed by atoms with E-state index in [-0.39, 0.29) is 0 Å². The summed E-state index contributed by atoms with van der Waals surface area (Å²) >= 11 is 0. The molecule has 16 heavy (non-hydrogen) atoms. The second-order valence-electron chi connectivity index (χ2n) is 4.84. The molecule has 1 atom stereocenters. The first-order chi connectivity index (χ1) is 7.67. The van der Waals surface area contributed by atoms with Gasteiger partial charge in [-0.15, -0.1) is 0 Å². The molecule has 1 N–H and O–H groups in total. The lowest BCUT2D eigenvalue weighted by Crippen LogP contribution is -2.21. The van der Waals surface area contributed by atoms with Gasteiger partial charge in [0.25, 0.3) is 0 Å². The molecule has 1 aromatic heterocycles. The van der Waals surface area contributed by atoms with Crippen LogP contribution in [0.25, 0.3) is 0 Å². The first-order valence-electron chi connectivity index (χ1n) is 6.45. The van der Waals surface area contributed by atoms with E-state index >= 15 is 0 Å². The molecule has 1 heterocycles. The molecule has 0 bridgehead atoms. The molecule has 0 fully saturated rings. The van der Waals surface area contributed by atoms with Gasteiger partial charge >= 0.3 is 0 Å². The van der Waals surface area contributed by atoms with Crippen molar-refractivity contribution >= 4 is 5.95 Å². The van der Waals surface area contributed by atoms with E-state index in [1.54, 1.807) is 0 Å². The van der Waals surface area contributed by atoms with Crippen LogP contribution in [0.3, 0.4) is 0 Å². The first-order valence-corrected chi connectivity index (χ1v) is 6.45. The zero-order valence-corrected chi connectivity index (χ0v) is 11.0. The average Bonchev–Trinajstić information content (AvgIpc) is 2.64. The molecule has 1 aromatic rings. The molecular weight excluding hydrogens is 198 g/mol. The Morgan fingerprint density at radius 3 is 2.69 bits per heavy atom. The van der Waals surface area contributed by atoms with E-state index in [1.165, 1.54) is 12.8 Å². The first kappa shape index (κ1) is 13.1. The summed E-state index contributed by atoms with van der Waals surface area (Å²) in [6.45, 7) is 9.94. The third-order valence-corrected chi connectivity index (χ3v) is 2.74. The van der Waals surface area contributed by atoms with Gasteiger partial charge < -0.3 is 9.88 Å². The summed E-state index contributed by atoms with van der Waals surface area (Å²) in [5.74, 6) is 1.68. The number of aromatic nitrogens is 2. The van der Waals surface area contributed by atoms with E-state index in [0.29, 0.717) is 12.0 Å². The maximum atomic E-state index is 4.39. The predicted molar refractivity (Wildman–Crippen MR) is 69.7 cm³/mol. The summed E-state index contributed by atoms with van der Waals surface area (Å²) < 4.78 is 2.21. The SMILES string of the molecule is CCCC(CC)Nc1nccn1CC(C)C. The largest absolute Gasteiger partial charge is 0.353 e. The van der Waals surface area contributed by atoms with E-state index in [2.05, 4.69) is 48.8 Å². The van der Waals surface area contributed by atoms with Crippen molar-refractivity contribution in [1.82, 2.24) is 9.55 Å². The Kier molecular flexibility index (Phi) is 5.36. The minimum atomic E-state index is 0.554. The van der Waals surface area contributed by atoms with Gasteiger partial charge in [0.1, 0.15) is 0 Å². The molecule has 0 aliphatic rings. The molecule has 3 heteroatoms. The topological polar surface area (TPSA) is 29.9 Å². The van der Waals surface area contributed by atoms with E-state index in [1.807, 2.05) is 6.20 Å². The van der Waals surface area contributed by atoms with Gasteiger partial charge in [-0.3, -0.25) is 0 Å². The Hall–Kier alpha value is -0.990. The van der Waals surface area contributed by atoms with Gasteiger partial charge in [-0.05, 0) is 18.8 Å². The lowest BCUT2D eigenvalue weighted by molar-refractivity contribution is 0.520. The van der Waals surface area contributed by atoms with Gasteiger partial charge in [-0.25, -0.2) is 4.98 Å². The molecular formula is C13H25N3. The monoisotopic (exact) mass is 223 g/mol. The summed E-state index contributed by atoms with van der Waals surface area (Å²) in [4.78, 5) is 4.39. The minimum Gasteiger partial charge on any atom is -0.353 e. The standard InChI is InChI=1S/C13H25N3/c1-5-7-12(6-2)15-13-14-8-9-16(13)10-11(3)4/h8-9,11-12H,5-7,10H2,1-4H3,(H,14,15). The van der Waals surface area contributed by atoms with E-state index in [4.69, 9.17) is 0 Å². The summed E-state index contributed by atoms with van der Waals surface area (Å²) in [5, 5.41) is 3.54. The minimum absolute atomic E-state index is 0.554. The average molecular weight is 223 g/mol. The number of nitrogens with one attached hydrogen (secondary N) is 1. The van der Waals surface area contributed by atoms with E-state index in [0.717, 1.165) is 18.9 Å². The van der Waals surface area contributed by atoms with Gasteiger partial charge in [0, 0.05) is 25.0 Å². The Balaban J connectivity index is 2.61. The van der Waals surface area contributed by atoms with Gasteiger partial charge in [-0.1, -0.05) is 34.1 Å². The third kappa shape index (κ3) is 3.87. The number of hydrogen-bond donors (Lipinski definition) is 1. The lowest BCUT2D eigenvalue weighted by Gasteiger charge is -2.18. The Bertz CT molecular complexity index is 291. The normalized spacial score (nSPS) is 13.1. The smallest absolute Gasteiger partial charge is 0.202 e. The highest BCUT2D eigenvalue weighted by Crippen LogP contribution is 2.13. The fourth-order valence-electron chi connectivity index (χ4n) is 1.90. The quantitative estimate of drug-likeness (QED) is 0.766. The highest BCUT2D eigenvalue weighted by atomic mass is 15.2. The van der Waals surface area contributed by atoms with Crippen LogP contribution in [-0.4, -0.2) is 15.6 Å². The Morgan fingerprint density at radius 2 is 2.12 bits per heavy atom. The number of anilines is 1. The van der Waals surface area contributed by atoms with E-state index < -0.39 is 0 Å². The molecule has 0 aliphatic heterocycles. The van der Waals surface area contributed by atoms with Crippen molar-refractivity contribution in [3.05, 3.63) is 12.4 Å². The maximum absolute atomic E-state index is 4.39. The predicted octanol–water partition coefficient (Wildman–Crippen LogP) is 3.53. The number of nitrogens with zero attached hydrogens (tertiary/aromatic N) is 2. The van der Waals surface area contributed by atoms with Crippen molar-refractivity contribution < 1.29 is 0 Å². The van der Waals surface area contributed by atoms with Crippen molar-refractivity contribution in [2.24, 2.45) is 5.92 Å². The summed E-state index contributed by atoms with van der Waals surface area (Å²) in [7, 11) is 0. The van der Waals surface area contributed by atoms with Crippen LogP contribution in [0.4, 0.5) is 5.95 Å². The van der Waals surface area contributed by atoms with Crippen LogP contribution in [0, 0.1) is 5.92 Å². The van der Waals surface area contributed by atoms with Crippen LogP contribution >= 0.6 is 0 Å². The van der Waals surface area contributed by atoms with Gasteiger partial charge in [0.15, 0.2) is 0 Å². The van der Waals surface area contributed by atoms with Crippen molar-refractivity contribution in [2.75, 3.05) is 5.32 Å². The second-order valence-corrected chi connectivity index (χ2v) is 4.84. The number of hydrogen-bond acceptors (Lipinski definition) is 2. The summed E-state index contributed by atoms with van der Waals surface area (Å²) in [5.41, 5.74) is 0. The Morgan fingerprint density at radius 1 is 1.38 bits per heavy atom. The van der Waals surface area contributed by atoms with Crippen LogP contribution in [0.2, 0.25) is 0 Å². The van der Waals surface area contributed by atoms with Crippen molar-refractivity contribution in [2.45, 2.75) is 59.5 Å². The molecule has 3 nitrogen and oxygen atoms in total. The van der Waals surface area contributed by atoms with Crippen molar-refractivity contribution in [3.63, 3.8) is 0 Å². The van der Waals surface area contributed by atoms with Crippen LogP contribution in [0.15, 0.2) is 12.4 Å². The molecule has 1 unspecified atom stereocenters. The number of rotatable bonds is 7. The molecule has 0 amide bonds. The summed E-state index contributed by atoms with van der Waals surface area (Å²) in [6, 6.07) is 0.554. The molecule has 0 saturated heterocycles. The van der Waals surface area contributed by atoms with E-state index in [9.17, 15) is 0 Å². The molecule has 92 valence electrons. The fourth-order valence-corrected chi connectivity index (χ4v) is 1.90. The molecule has 0 spiro atoms. The van der Waals surface area contributed by atoms with Crippen LogP contribution in [0.1, 0.15) is 47.0 Å². The third-order valence-electron chi connectivity index (χ3n) is 2.74. The second kappa shape index (κ2) is 6.56. The van der Waals surface area contributed by atoms with Crippen LogP contribution in [-0.2, 0) is 6.54 Å². The molecule has 0 radical (unpaired) electrons. The summed E-state index contributed by atoms with van der Waals surface area (Å²) in [6.07, 6.45) is 7.52. The van der Waals surface area contributed by atoms with Crippen LogP contribution < -0.4 is 5.32 Å².